The summed E-state index contributed by atoms with van der Waals surface area (Å²) in [4.78, 5) is 0. The Kier molecular flexibility index (Phi) is 4.10. The van der Waals surface area contributed by atoms with E-state index in [4.69, 9.17) is 0 Å². The van der Waals surface area contributed by atoms with Crippen LogP contribution in [0.3, 0.4) is 0 Å². The maximum Gasteiger partial charge on any atom is 0.0164 e. The Morgan fingerprint density at radius 1 is 0.880 bits per heavy atom. The number of allylic oxidation sites excluding steroid dienone is 4. The van der Waals surface area contributed by atoms with Crippen molar-refractivity contribution in [2.45, 2.75) is 32.6 Å². The van der Waals surface area contributed by atoms with E-state index in [2.05, 4.69) is 91.6 Å². The predicted molar refractivity (Wildman–Crippen MR) is 106 cm³/mol. The van der Waals surface area contributed by atoms with Gasteiger partial charge in [-0.2, -0.15) is 0 Å². The molecule has 0 saturated carbocycles. The molecule has 0 heteroatoms. The zero-order valence-corrected chi connectivity index (χ0v) is 15.0. The highest BCUT2D eigenvalue weighted by molar-refractivity contribution is 5.79. The molecule has 0 bridgehead atoms. The molecule has 0 N–H and O–H groups in total. The minimum absolute atomic E-state index is 0.121. The van der Waals surface area contributed by atoms with Gasteiger partial charge in [0.25, 0.3) is 0 Å². The minimum atomic E-state index is 0.121. The zero-order valence-electron chi connectivity index (χ0n) is 15.0. The van der Waals surface area contributed by atoms with Crippen molar-refractivity contribution in [2.75, 3.05) is 0 Å². The third-order valence-electron chi connectivity index (χ3n) is 5.97. The van der Waals surface area contributed by atoms with Gasteiger partial charge in [0.05, 0.1) is 0 Å². The Labute approximate surface area is 151 Å². The van der Waals surface area contributed by atoms with Gasteiger partial charge in [-0.1, -0.05) is 79.8 Å². The molecule has 0 fully saturated rings. The van der Waals surface area contributed by atoms with E-state index in [1.807, 2.05) is 6.92 Å². The predicted octanol–water partition coefficient (Wildman–Crippen LogP) is 6.35. The maximum atomic E-state index is 3.30. The molecule has 0 amide bonds. The van der Waals surface area contributed by atoms with E-state index in [1.165, 1.54) is 22.3 Å². The summed E-state index contributed by atoms with van der Waals surface area (Å²) in [6, 6.07) is 17.9. The first-order chi connectivity index (χ1) is 12.3. The van der Waals surface area contributed by atoms with Crippen LogP contribution in [0.4, 0.5) is 0 Å². The molecular formula is C25H24. The maximum absolute atomic E-state index is 3.30. The van der Waals surface area contributed by atoms with E-state index in [9.17, 15) is 0 Å². The van der Waals surface area contributed by atoms with Gasteiger partial charge in [-0.3, -0.25) is 0 Å². The van der Waals surface area contributed by atoms with Crippen molar-refractivity contribution in [3.63, 3.8) is 0 Å². The molecule has 0 aliphatic heterocycles. The minimum Gasteiger partial charge on any atom is -0.107 e. The summed E-state index contributed by atoms with van der Waals surface area (Å²) < 4.78 is 0. The van der Waals surface area contributed by atoms with Crippen LogP contribution in [0.2, 0.25) is 0 Å². The van der Waals surface area contributed by atoms with Crippen molar-refractivity contribution in [3.05, 3.63) is 84.0 Å². The summed E-state index contributed by atoms with van der Waals surface area (Å²) in [5.74, 6) is 7.24. The van der Waals surface area contributed by atoms with Crippen LogP contribution in [0.15, 0.2) is 72.8 Å². The normalized spacial score (nSPS) is 17.7. The van der Waals surface area contributed by atoms with Crippen LogP contribution in [-0.2, 0) is 0 Å². The highest BCUT2D eigenvalue weighted by Gasteiger charge is 2.45. The summed E-state index contributed by atoms with van der Waals surface area (Å²) in [5, 5.41) is 0. The lowest BCUT2D eigenvalue weighted by Gasteiger charge is -2.40. The van der Waals surface area contributed by atoms with Crippen molar-refractivity contribution in [2.24, 2.45) is 11.3 Å². The van der Waals surface area contributed by atoms with Crippen LogP contribution >= 0.6 is 0 Å². The highest BCUT2D eigenvalue weighted by Crippen LogP contribution is 2.57. The van der Waals surface area contributed by atoms with Gasteiger partial charge in [-0.15, -0.1) is 11.8 Å². The molecule has 25 heavy (non-hydrogen) atoms. The first-order valence-corrected chi connectivity index (χ1v) is 9.18. The van der Waals surface area contributed by atoms with Crippen LogP contribution in [0, 0.1) is 23.2 Å². The smallest absolute Gasteiger partial charge is 0.0164 e. The Bertz CT molecular complexity index is 845. The number of hydrogen-bond donors (Lipinski definition) is 0. The monoisotopic (exact) mass is 324 g/mol. The fourth-order valence-corrected chi connectivity index (χ4v) is 4.70. The molecule has 4 rings (SSSR count). The quantitative estimate of drug-likeness (QED) is 0.575. The van der Waals surface area contributed by atoms with Crippen molar-refractivity contribution < 1.29 is 0 Å². The molecule has 2 aliphatic rings. The van der Waals surface area contributed by atoms with Crippen LogP contribution in [0.1, 0.15) is 43.7 Å². The lowest BCUT2D eigenvalue weighted by molar-refractivity contribution is 0.216. The molecule has 2 aromatic carbocycles. The molecule has 1 unspecified atom stereocenters. The van der Waals surface area contributed by atoms with Crippen LogP contribution in [0.25, 0.3) is 11.1 Å². The third-order valence-corrected chi connectivity index (χ3v) is 5.97. The van der Waals surface area contributed by atoms with Gasteiger partial charge in [0, 0.05) is 18.3 Å². The number of hydrogen-bond acceptors (Lipinski definition) is 0. The lowest BCUT2D eigenvalue weighted by Crippen LogP contribution is -2.31. The fraction of sp³-hybridized carbons (Fsp3) is 0.280. The van der Waals surface area contributed by atoms with Crippen LogP contribution in [0.5, 0.6) is 0 Å². The Morgan fingerprint density at radius 2 is 1.44 bits per heavy atom. The Hall–Kier alpha value is -2.52. The standard InChI is InChI=1S/C25H24/c1-3-4-11-18-25(2,19-12-5-6-13-19)24-22-16-9-7-14-20(22)21-15-8-10-17-23(21)24/h5-10,12-17,19,24H,11,18H2,1-2H3. The van der Waals surface area contributed by atoms with Crippen LogP contribution < -0.4 is 0 Å². The zero-order chi connectivity index (χ0) is 17.3. The average molecular weight is 324 g/mol. The largest absolute Gasteiger partial charge is 0.107 e. The van der Waals surface area contributed by atoms with E-state index in [-0.39, 0.29) is 5.41 Å². The third kappa shape index (κ3) is 2.56. The van der Waals surface area contributed by atoms with Crippen molar-refractivity contribution in [3.8, 4) is 23.0 Å². The molecule has 0 saturated heterocycles. The molecule has 124 valence electrons. The van der Waals surface area contributed by atoms with Gasteiger partial charge in [-0.05, 0) is 41.0 Å². The molecule has 2 aliphatic carbocycles. The van der Waals surface area contributed by atoms with Crippen molar-refractivity contribution in [1.29, 1.82) is 0 Å². The molecule has 2 aromatic rings. The summed E-state index contributed by atoms with van der Waals surface area (Å²) in [5.41, 5.74) is 5.88. The highest BCUT2D eigenvalue weighted by atomic mass is 14.5. The second-order valence-corrected chi connectivity index (χ2v) is 7.34. The fourth-order valence-electron chi connectivity index (χ4n) is 4.70. The molecule has 0 heterocycles. The second-order valence-electron chi connectivity index (χ2n) is 7.34. The SMILES string of the molecule is CC#CCCC(C)(C1C=CC=C1)C1c2ccccc2-c2ccccc21. The molecule has 0 radical (unpaired) electrons. The van der Waals surface area contributed by atoms with Gasteiger partial charge in [-0.25, -0.2) is 0 Å². The van der Waals surface area contributed by atoms with Crippen molar-refractivity contribution in [1.82, 2.24) is 0 Å². The topological polar surface area (TPSA) is 0 Å². The lowest BCUT2D eigenvalue weighted by atomic mass is 9.62. The summed E-state index contributed by atoms with van der Waals surface area (Å²) >= 11 is 0. The van der Waals surface area contributed by atoms with Gasteiger partial charge in [0.2, 0.25) is 0 Å². The summed E-state index contributed by atoms with van der Waals surface area (Å²) in [6.07, 6.45) is 11.2. The average Bonchev–Trinajstić information content (AvgIpc) is 3.29. The second kappa shape index (κ2) is 6.41. The van der Waals surface area contributed by atoms with Gasteiger partial charge < -0.3 is 0 Å². The van der Waals surface area contributed by atoms with E-state index in [0.29, 0.717) is 11.8 Å². The molecule has 0 nitrogen and oxygen atoms in total. The number of rotatable bonds is 4. The first-order valence-electron chi connectivity index (χ1n) is 9.18. The first kappa shape index (κ1) is 16.0. The van der Waals surface area contributed by atoms with Gasteiger partial charge >= 0.3 is 0 Å². The van der Waals surface area contributed by atoms with E-state index in [1.54, 1.807) is 0 Å². The summed E-state index contributed by atoms with van der Waals surface area (Å²) in [7, 11) is 0. The van der Waals surface area contributed by atoms with Crippen LogP contribution in [-0.4, -0.2) is 0 Å². The molecule has 0 spiro atoms. The van der Waals surface area contributed by atoms with Gasteiger partial charge in [0.15, 0.2) is 0 Å². The number of benzene rings is 2. The Morgan fingerprint density at radius 3 is 2.00 bits per heavy atom. The number of fused-ring (bicyclic) bond motifs is 3. The molecule has 0 aromatic heterocycles. The van der Waals surface area contributed by atoms with E-state index in [0.717, 1.165) is 12.8 Å². The van der Waals surface area contributed by atoms with E-state index < -0.39 is 0 Å². The van der Waals surface area contributed by atoms with E-state index >= 15 is 0 Å². The van der Waals surface area contributed by atoms with Gasteiger partial charge in [0.1, 0.15) is 0 Å². The summed E-state index contributed by atoms with van der Waals surface area (Å²) in [6.45, 7) is 4.39. The Balaban J connectivity index is 1.87. The van der Waals surface area contributed by atoms with Crippen molar-refractivity contribution >= 4 is 0 Å². The molecular weight excluding hydrogens is 300 g/mol. The molecule has 1 atom stereocenters.